The molecular weight excluding hydrogens is 352 g/mol. The number of aromatic nitrogens is 2. The Morgan fingerprint density at radius 2 is 1.73 bits per heavy atom. The molecule has 0 radical (unpaired) electrons. The van der Waals surface area contributed by atoms with E-state index in [1.54, 1.807) is 12.1 Å². The third-order valence-corrected chi connectivity index (χ3v) is 5.00. The molecule has 3 nitrogen and oxygen atoms in total. The minimum atomic E-state index is -0.647. The predicted molar refractivity (Wildman–Crippen MR) is 95.9 cm³/mol. The first kappa shape index (κ1) is 18.0. The van der Waals surface area contributed by atoms with Gasteiger partial charge in [-0.05, 0) is 54.8 Å². The second kappa shape index (κ2) is 7.63. The van der Waals surface area contributed by atoms with Crippen molar-refractivity contribution in [3.05, 3.63) is 82.5 Å². The van der Waals surface area contributed by atoms with Crippen molar-refractivity contribution >= 4 is 11.8 Å². The summed E-state index contributed by atoms with van der Waals surface area (Å²) in [6.07, 6.45) is 0. The Morgan fingerprint density at radius 1 is 1.00 bits per heavy atom. The van der Waals surface area contributed by atoms with Gasteiger partial charge in [0.2, 0.25) is 0 Å². The second-order valence-electron chi connectivity index (χ2n) is 5.84. The van der Waals surface area contributed by atoms with E-state index < -0.39 is 17.6 Å². The van der Waals surface area contributed by atoms with Gasteiger partial charge in [0.1, 0.15) is 22.6 Å². The number of nitrogens with zero attached hydrogens (tertiary/aromatic N) is 3. The first-order chi connectivity index (χ1) is 12.5. The van der Waals surface area contributed by atoms with Crippen molar-refractivity contribution in [2.24, 2.45) is 0 Å². The third-order valence-electron chi connectivity index (χ3n) is 4.02. The molecule has 1 unspecified atom stereocenters. The average Bonchev–Trinajstić information content (AvgIpc) is 2.62. The number of hydrogen-bond donors (Lipinski definition) is 0. The van der Waals surface area contributed by atoms with Crippen LogP contribution in [-0.2, 0) is 0 Å². The molecule has 6 heteroatoms. The largest absolute Gasteiger partial charge is 0.207 e. The molecule has 3 rings (SSSR count). The Hall–Kier alpha value is -2.78. The topological polar surface area (TPSA) is 49.6 Å². The molecule has 1 aromatic heterocycles. The minimum absolute atomic E-state index is 0.264. The van der Waals surface area contributed by atoms with E-state index in [0.717, 1.165) is 34.5 Å². The van der Waals surface area contributed by atoms with Gasteiger partial charge in [0.05, 0.1) is 11.8 Å². The van der Waals surface area contributed by atoms with Crippen LogP contribution < -0.4 is 0 Å². The summed E-state index contributed by atoms with van der Waals surface area (Å²) in [5, 5.41) is 18.4. The summed E-state index contributed by atoms with van der Waals surface area (Å²) < 4.78 is 26.7. The van der Waals surface area contributed by atoms with Crippen LogP contribution >= 0.6 is 11.8 Å². The molecule has 0 amide bonds. The fourth-order valence-corrected chi connectivity index (χ4v) is 3.51. The molecule has 1 heterocycles. The summed E-state index contributed by atoms with van der Waals surface area (Å²) >= 11 is 1.05. The predicted octanol–water partition coefficient (Wildman–Crippen LogP) is 5.18. The van der Waals surface area contributed by atoms with E-state index in [1.165, 1.54) is 12.1 Å². The lowest BCUT2D eigenvalue weighted by molar-refractivity contribution is 0.565. The first-order valence-electron chi connectivity index (χ1n) is 7.92. The molecule has 130 valence electrons. The molecule has 2 aromatic carbocycles. The number of hydrogen-bond acceptors (Lipinski definition) is 4. The standard InChI is InChI=1S/C20H15F2N3S/c1-12-4-3-5-13(2)20(12)15(11-23)17-7-9-19(25-24-17)26-18-8-6-14(21)10-16(18)22/h3-10,15H,1-2H3. The van der Waals surface area contributed by atoms with Crippen molar-refractivity contribution in [1.82, 2.24) is 10.2 Å². The second-order valence-corrected chi connectivity index (χ2v) is 6.90. The van der Waals surface area contributed by atoms with Crippen LogP contribution in [0.2, 0.25) is 0 Å². The normalized spacial score (nSPS) is 11.8. The molecule has 1 atom stereocenters. The lowest BCUT2D eigenvalue weighted by Crippen LogP contribution is -2.06. The fourth-order valence-electron chi connectivity index (χ4n) is 2.77. The zero-order valence-corrected chi connectivity index (χ0v) is 15.0. The highest BCUT2D eigenvalue weighted by Crippen LogP contribution is 2.31. The smallest absolute Gasteiger partial charge is 0.140 e. The van der Waals surface area contributed by atoms with Crippen molar-refractivity contribution in [2.45, 2.75) is 29.7 Å². The molecule has 3 aromatic rings. The summed E-state index contributed by atoms with van der Waals surface area (Å²) in [6.45, 7) is 3.92. The zero-order chi connectivity index (χ0) is 18.7. The fraction of sp³-hybridized carbons (Fsp3) is 0.150. The quantitative estimate of drug-likeness (QED) is 0.638. The summed E-state index contributed by atoms with van der Waals surface area (Å²) in [5.41, 5.74) is 3.50. The first-order valence-corrected chi connectivity index (χ1v) is 8.73. The van der Waals surface area contributed by atoms with Crippen molar-refractivity contribution in [1.29, 1.82) is 5.26 Å². The van der Waals surface area contributed by atoms with Crippen LogP contribution in [0, 0.1) is 36.8 Å². The van der Waals surface area contributed by atoms with Gasteiger partial charge in [-0.1, -0.05) is 30.0 Å². The van der Waals surface area contributed by atoms with Gasteiger partial charge in [-0.25, -0.2) is 8.78 Å². The average molecular weight is 367 g/mol. The monoisotopic (exact) mass is 367 g/mol. The molecule has 0 aliphatic rings. The molecule has 0 N–H and O–H groups in total. The van der Waals surface area contributed by atoms with Crippen LogP contribution in [0.4, 0.5) is 8.78 Å². The van der Waals surface area contributed by atoms with E-state index >= 15 is 0 Å². The molecule has 0 aliphatic heterocycles. The van der Waals surface area contributed by atoms with E-state index in [0.29, 0.717) is 10.7 Å². The summed E-state index contributed by atoms with van der Waals surface area (Å²) in [7, 11) is 0. The zero-order valence-electron chi connectivity index (χ0n) is 14.2. The highest BCUT2D eigenvalue weighted by Gasteiger charge is 2.20. The van der Waals surface area contributed by atoms with Gasteiger partial charge >= 0.3 is 0 Å². The summed E-state index contributed by atoms with van der Waals surface area (Å²) in [4.78, 5) is 0.264. The van der Waals surface area contributed by atoms with Crippen molar-refractivity contribution in [3.63, 3.8) is 0 Å². The Labute approximate surface area is 154 Å². The van der Waals surface area contributed by atoms with Crippen LogP contribution in [0.15, 0.2) is 58.5 Å². The van der Waals surface area contributed by atoms with Crippen molar-refractivity contribution in [3.8, 4) is 6.07 Å². The maximum Gasteiger partial charge on any atom is 0.140 e. The maximum atomic E-state index is 13.8. The Kier molecular flexibility index (Phi) is 5.29. The van der Waals surface area contributed by atoms with E-state index in [1.807, 2.05) is 32.0 Å². The molecule has 0 saturated heterocycles. The van der Waals surface area contributed by atoms with Crippen molar-refractivity contribution < 1.29 is 8.78 Å². The number of aryl methyl sites for hydroxylation is 2. The molecular formula is C20H15F2N3S. The Bertz CT molecular complexity index is 961. The molecule has 0 saturated carbocycles. The lowest BCUT2D eigenvalue weighted by atomic mass is 9.89. The minimum Gasteiger partial charge on any atom is -0.207 e. The van der Waals surface area contributed by atoms with Crippen LogP contribution in [0.5, 0.6) is 0 Å². The number of rotatable bonds is 4. The van der Waals surface area contributed by atoms with Crippen LogP contribution in [0.3, 0.4) is 0 Å². The van der Waals surface area contributed by atoms with Gasteiger partial charge in [0.25, 0.3) is 0 Å². The van der Waals surface area contributed by atoms with Gasteiger partial charge < -0.3 is 0 Å². The van der Waals surface area contributed by atoms with Gasteiger partial charge in [-0.2, -0.15) is 10.4 Å². The van der Waals surface area contributed by atoms with Crippen LogP contribution in [0.1, 0.15) is 28.3 Å². The van der Waals surface area contributed by atoms with E-state index in [9.17, 15) is 14.0 Å². The van der Waals surface area contributed by atoms with Gasteiger partial charge in [-0.3, -0.25) is 0 Å². The Morgan fingerprint density at radius 3 is 2.31 bits per heavy atom. The number of nitriles is 1. The van der Waals surface area contributed by atoms with E-state index in [2.05, 4.69) is 16.3 Å². The highest BCUT2D eigenvalue weighted by molar-refractivity contribution is 7.99. The van der Waals surface area contributed by atoms with Gasteiger partial charge in [0.15, 0.2) is 0 Å². The molecule has 0 aliphatic carbocycles. The maximum absolute atomic E-state index is 13.8. The molecule has 0 bridgehead atoms. The summed E-state index contributed by atoms with van der Waals surface area (Å²) in [6, 6.07) is 15.0. The Balaban J connectivity index is 1.88. The number of halogens is 2. The van der Waals surface area contributed by atoms with Crippen molar-refractivity contribution in [2.75, 3.05) is 0 Å². The van der Waals surface area contributed by atoms with E-state index in [-0.39, 0.29) is 4.90 Å². The van der Waals surface area contributed by atoms with Crippen LogP contribution in [-0.4, -0.2) is 10.2 Å². The SMILES string of the molecule is Cc1cccc(C)c1C(C#N)c1ccc(Sc2ccc(F)cc2F)nn1. The lowest BCUT2D eigenvalue weighted by Gasteiger charge is -2.14. The molecule has 0 spiro atoms. The molecule has 0 fully saturated rings. The summed E-state index contributed by atoms with van der Waals surface area (Å²) in [5.74, 6) is -1.80. The van der Waals surface area contributed by atoms with Crippen LogP contribution in [0.25, 0.3) is 0 Å². The third kappa shape index (κ3) is 3.73. The van der Waals surface area contributed by atoms with Gasteiger partial charge in [0, 0.05) is 11.0 Å². The van der Waals surface area contributed by atoms with Gasteiger partial charge in [-0.15, -0.1) is 5.10 Å². The number of benzene rings is 2. The molecule has 26 heavy (non-hydrogen) atoms. The van der Waals surface area contributed by atoms with E-state index in [4.69, 9.17) is 0 Å². The highest BCUT2D eigenvalue weighted by atomic mass is 32.2.